The van der Waals surface area contributed by atoms with Crippen molar-refractivity contribution < 1.29 is 19.2 Å². The van der Waals surface area contributed by atoms with Crippen molar-refractivity contribution in [2.45, 2.75) is 91.0 Å². The highest BCUT2D eigenvalue weighted by atomic mass is 79.9. The van der Waals surface area contributed by atoms with E-state index in [1.807, 2.05) is 36.2 Å². The second-order valence-electron chi connectivity index (χ2n) is 19.6. The summed E-state index contributed by atoms with van der Waals surface area (Å²) in [5, 5.41) is 26.2. The van der Waals surface area contributed by atoms with E-state index < -0.39 is 6.03 Å². The summed E-state index contributed by atoms with van der Waals surface area (Å²) in [6.07, 6.45) is 11.2. The Balaban J connectivity index is 0.715. The molecule has 16 heteroatoms. The molecule has 1 saturated carbocycles. The molecular weight excluding hydrogens is 911 g/mol. The fourth-order valence-electron chi connectivity index (χ4n) is 11.3. The van der Waals surface area contributed by atoms with Gasteiger partial charge in [-0.2, -0.15) is 10.4 Å². The number of nitrogens with zero attached hydrogens (tertiary/aromatic N) is 9. The third-order valence-electron chi connectivity index (χ3n) is 15.6. The van der Waals surface area contributed by atoms with Crippen LogP contribution in [0.4, 0.5) is 22.1 Å². The number of fused-ring (bicyclic) bond motifs is 1. The zero-order valence-corrected chi connectivity index (χ0v) is 40.6. The second kappa shape index (κ2) is 19.9. The molecular formula is C51H62BrN11O4. The minimum Gasteiger partial charge on any atom is -0.362 e. The van der Waals surface area contributed by atoms with Gasteiger partial charge in [0.05, 0.1) is 29.9 Å². The number of nitriles is 1. The topological polar surface area (TPSA) is 171 Å². The zero-order valence-electron chi connectivity index (χ0n) is 39.0. The number of likely N-dealkylation sites (tertiary alicyclic amines) is 2. The van der Waals surface area contributed by atoms with Crippen molar-refractivity contribution in [1.82, 2.24) is 35.2 Å². The van der Waals surface area contributed by atoms with Crippen molar-refractivity contribution in [3.63, 3.8) is 0 Å². The summed E-state index contributed by atoms with van der Waals surface area (Å²) in [6, 6.07) is 15.3. The maximum absolute atomic E-state index is 13.9. The van der Waals surface area contributed by atoms with Crippen LogP contribution >= 0.6 is 15.9 Å². The van der Waals surface area contributed by atoms with Crippen LogP contribution in [0.3, 0.4) is 0 Å². The smallest absolute Gasteiger partial charge is 0.328 e. The average molecular weight is 973 g/mol. The molecule has 1 aliphatic carbocycles. The molecule has 15 nitrogen and oxygen atoms in total. The Morgan fingerprint density at radius 1 is 0.896 bits per heavy atom. The van der Waals surface area contributed by atoms with Crippen LogP contribution < -0.4 is 20.4 Å². The Morgan fingerprint density at radius 2 is 1.64 bits per heavy atom. The van der Waals surface area contributed by atoms with E-state index in [9.17, 15) is 24.4 Å². The number of imide groups is 1. The van der Waals surface area contributed by atoms with Gasteiger partial charge in [-0.25, -0.2) is 9.78 Å². The first-order chi connectivity index (χ1) is 32.4. The van der Waals surface area contributed by atoms with Gasteiger partial charge in [0.1, 0.15) is 5.82 Å². The molecule has 67 heavy (non-hydrogen) atoms. The van der Waals surface area contributed by atoms with Crippen LogP contribution in [0, 0.1) is 42.4 Å². The Hall–Kier alpha value is -5.66. The van der Waals surface area contributed by atoms with Gasteiger partial charge in [-0.1, -0.05) is 18.2 Å². The van der Waals surface area contributed by atoms with Crippen molar-refractivity contribution in [1.29, 1.82) is 5.26 Å². The highest BCUT2D eigenvalue weighted by Gasteiger charge is 2.40. The number of anilines is 3. The van der Waals surface area contributed by atoms with E-state index in [0.29, 0.717) is 58.3 Å². The highest BCUT2D eigenvalue weighted by molar-refractivity contribution is 9.10. The number of hydrogen-bond acceptors (Lipinski definition) is 11. The lowest BCUT2D eigenvalue weighted by Crippen LogP contribution is -2.52. The first kappa shape index (κ1) is 46.5. The van der Waals surface area contributed by atoms with Crippen LogP contribution in [0.15, 0.2) is 53.1 Å². The van der Waals surface area contributed by atoms with Gasteiger partial charge < -0.3 is 24.9 Å². The number of nitrogens with one attached hydrogen (secondary N) is 2. The van der Waals surface area contributed by atoms with Crippen molar-refractivity contribution in [2.75, 3.05) is 80.6 Å². The molecule has 0 unspecified atom stereocenters. The van der Waals surface area contributed by atoms with Crippen LogP contribution in [-0.4, -0.2) is 119 Å². The van der Waals surface area contributed by atoms with E-state index in [1.165, 1.54) is 30.6 Å². The van der Waals surface area contributed by atoms with Crippen molar-refractivity contribution in [3.05, 3.63) is 81.1 Å². The van der Waals surface area contributed by atoms with E-state index in [2.05, 4.69) is 83.5 Å². The zero-order chi connectivity index (χ0) is 46.8. The number of piperazine rings is 1. The van der Waals surface area contributed by atoms with E-state index >= 15 is 0 Å². The lowest BCUT2D eigenvalue weighted by molar-refractivity contribution is -0.137. The molecule has 4 aromatic rings. The van der Waals surface area contributed by atoms with Crippen molar-refractivity contribution >= 4 is 67.8 Å². The Labute approximate surface area is 401 Å². The molecule has 0 bridgehead atoms. The number of carbonyl (C=O) groups excluding carboxylic acids is 4. The summed E-state index contributed by atoms with van der Waals surface area (Å²) in [7, 11) is 0. The molecule has 1 atom stereocenters. The van der Waals surface area contributed by atoms with E-state index in [4.69, 9.17) is 4.98 Å². The fourth-order valence-corrected chi connectivity index (χ4v) is 11.8. The van der Waals surface area contributed by atoms with E-state index in [-0.39, 0.29) is 36.7 Å². The number of hydrogen-bond donors (Lipinski definition) is 2. The molecule has 2 N–H and O–H groups in total. The standard InChI is InChI=1S/C51H62BrN11O4/c1-33-37(11-19-53)5-4-6-40(33)34(2)55-47-41-30-45(54-31-42(41)35(3)57-58-47)60-25-27-62(28-26-60)48(65)38-12-20-59(21-13-38)32-36-9-15-51(16-10-36)17-23-61(24-18-51)49(66)39-7-8-43(52)44(29-39)63-22-14-46(64)56-50(63)67/h4-8,29-31,34,36,38H,9-18,20-28,32H2,1-3H3,(H,55,58)(H,56,64,67)/t34-/m1/s1. The monoisotopic (exact) mass is 971 g/mol. The van der Waals surface area contributed by atoms with Gasteiger partial charge >= 0.3 is 6.03 Å². The fraction of sp³-hybridized carbons (Fsp3) is 0.529. The number of aryl methyl sites for hydroxylation is 1. The molecule has 5 aliphatic rings. The molecule has 4 saturated heterocycles. The van der Waals surface area contributed by atoms with Crippen molar-refractivity contribution in [3.8, 4) is 6.07 Å². The number of pyridine rings is 1. The first-order valence-corrected chi connectivity index (χ1v) is 25.0. The molecule has 352 valence electrons. The first-order valence-electron chi connectivity index (χ1n) is 24.2. The van der Waals surface area contributed by atoms with Crippen molar-refractivity contribution in [2.24, 2.45) is 17.3 Å². The molecule has 6 heterocycles. The van der Waals surface area contributed by atoms with Gasteiger partial charge in [-0.3, -0.25) is 24.6 Å². The number of rotatable bonds is 10. The minimum absolute atomic E-state index is 0.0135. The Bertz CT molecular complexity index is 2570. The predicted octanol–water partition coefficient (Wildman–Crippen LogP) is 7.56. The Morgan fingerprint density at radius 3 is 2.36 bits per heavy atom. The summed E-state index contributed by atoms with van der Waals surface area (Å²) >= 11 is 3.53. The number of aromatic nitrogens is 3. The Kier molecular flexibility index (Phi) is 13.8. The lowest BCUT2D eigenvalue weighted by atomic mass is 9.65. The summed E-state index contributed by atoms with van der Waals surface area (Å²) < 4.78 is 0.705. The van der Waals surface area contributed by atoms with Gasteiger partial charge in [0.15, 0.2) is 5.82 Å². The van der Waals surface area contributed by atoms with Crippen LogP contribution in [0.25, 0.3) is 10.8 Å². The maximum atomic E-state index is 13.9. The summed E-state index contributed by atoms with van der Waals surface area (Å²) in [4.78, 5) is 67.0. The maximum Gasteiger partial charge on any atom is 0.328 e. The average Bonchev–Trinajstić information content (AvgIpc) is 3.34. The quantitative estimate of drug-likeness (QED) is 0.161. The molecule has 1 spiro atoms. The second-order valence-corrected chi connectivity index (χ2v) is 20.5. The van der Waals surface area contributed by atoms with Crippen LogP contribution in [0.1, 0.15) is 103 Å². The third-order valence-corrected chi connectivity index (χ3v) is 16.3. The number of halogens is 1. The van der Waals surface area contributed by atoms with E-state index in [1.54, 1.807) is 12.1 Å². The van der Waals surface area contributed by atoms with E-state index in [0.717, 1.165) is 110 Å². The lowest BCUT2D eigenvalue weighted by Gasteiger charge is -2.47. The third kappa shape index (κ3) is 10.00. The molecule has 5 amide bonds. The SMILES string of the molecule is Cc1c(CC#N)cccc1[C@@H](C)Nc1nnc(C)c2cnc(N3CCN(C(=O)C4CCN(CC5CCC6(CC5)CCN(C(=O)c5ccc(Br)c(N7CCC(=O)NC7=O)c5)CC6)CC4)CC3)cc12. The molecule has 2 aromatic carbocycles. The largest absolute Gasteiger partial charge is 0.362 e. The number of benzene rings is 2. The predicted molar refractivity (Wildman–Crippen MR) is 262 cm³/mol. The molecule has 0 radical (unpaired) electrons. The normalized spacial score (nSPS) is 20.2. The van der Waals surface area contributed by atoms with Gasteiger partial charge in [0, 0.05) is 91.7 Å². The molecule has 4 aliphatic heterocycles. The van der Waals surface area contributed by atoms with Gasteiger partial charge in [0.2, 0.25) is 11.8 Å². The molecule has 2 aromatic heterocycles. The van der Waals surface area contributed by atoms with Crippen LogP contribution in [-0.2, 0) is 16.0 Å². The summed E-state index contributed by atoms with van der Waals surface area (Å²) in [6.45, 7) is 13.7. The number of piperidine rings is 2. The summed E-state index contributed by atoms with van der Waals surface area (Å²) in [5.74, 6) is 2.30. The number of carbonyl (C=O) groups is 4. The highest BCUT2D eigenvalue weighted by Crippen LogP contribution is 2.47. The van der Waals surface area contributed by atoms with Crippen LogP contribution in [0.5, 0.6) is 0 Å². The molecule has 9 rings (SSSR count). The minimum atomic E-state index is -0.468. The van der Waals surface area contributed by atoms with Gasteiger partial charge in [-0.05, 0) is 153 Å². The summed E-state index contributed by atoms with van der Waals surface area (Å²) in [5.41, 5.74) is 5.52. The van der Waals surface area contributed by atoms with Gasteiger partial charge in [0.25, 0.3) is 5.91 Å². The number of amides is 5. The number of urea groups is 1. The molecule has 5 fully saturated rings. The van der Waals surface area contributed by atoms with Crippen LogP contribution in [0.2, 0.25) is 0 Å². The van der Waals surface area contributed by atoms with Gasteiger partial charge in [-0.15, -0.1) is 5.10 Å².